The van der Waals surface area contributed by atoms with Gasteiger partial charge in [-0.2, -0.15) is 0 Å². The number of carbonyl (C=O) groups is 1. The molecule has 33 heavy (non-hydrogen) atoms. The summed E-state index contributed by atoms with van der Waals surface area (Å²) in [4.78, 5) is 26.0. The van der Waals surface area contributed by atoms with Gasteiger partial charge in [0.05, 0.1) is 10.6 Å². The van der Waals surface area contributed by atoms with Crippen LogP contribution in [0.4, 0.5) is 16.0 Å². The number of anilines is 2. The maximum Gasteiger partial charge on any atom is 0.245 e. The average Bonchev–Trinajstić information content (AvgIpc) is 3.14. The van der Waals surface area contributed by atoms with Crippen LogP contribution in [0.25, 0.3) is 0 Å². The molecule has 2 aromatic rings. The van der Waals surface area contributed by atoms with Gasteiger partial charge in [0.25, 0.3) is 0 Å². The van der Waals surface area contributed by atoms with Crippen LogP contribution in [-0.2, 0) is 14.6 Å². The number of halogens is 1. The second kappa shape index (κ2) is 9.24. The highest BCUT2D eigenvalue weighted by Crippen LogP contribution is 2.27. The highest BCUT2D eigenvalue weighted by Gasteiger charge is 2.37. The summed E-state index contributed by atoms with van der Waals surface area (Å²) in [5.74, 6) is 0.385. The van der Waals surface area contributed by atoms with Crippen LogP contribution in [0.2, 0.25) is 0 Å². The Morgan fingerprint density at radius 2 is 1.76 bits per heavy atom. The summed E-state index contributed by atoms with van der Waals surface area (Å²) in [7, 11) is -3.49. The van der Waals surface area contributed by atoms with Crippen molar-refractivity contribution in [2.75, 3.05) is 36.1 Å². The van der Waals surface area contributed by atoms with Crippen molar-refractivity contribution in [1.29, 1.82) is 0 Å². The second-order valence-electron chi connectivity index (χ2n) is 9.12. The standard InChI is InChI=1S/C23H30FN5O3S/c1-15(2)16-13-25-23(26-14-16)28-9-6-17(7-10-28)29-11-8-21(22(29)30)27-20-5-4-18(12-19(20)24)33(3,31)32/h4-5,12-15,17,21,27H,6-11H2,1-3H3. The molecule has 1 amide bonds. The van der Waals surface area contributed by atoms with Crippen LogP contribution in [-0.4, -0.2) is 67.2 Å². The molecule has 1 atom stereocenters. The number of carbonyl (C=O) groups excluding carboxylic acids is 1. The molecule has 3 heterocycles. The number of nitrogens with one attached hydrogen (secondary N) is 1. The lowest BCUT2D eigenvalue weighted by molar-refractivity contribution is -0.130. The second-order valence-corrected chi connectivity index (χ2v) is 11.1. The van der Waals surface area contributed by atoms with Gasteiger partial charge in [-0.3, -0.25) is 4.79 Å². The first-order chi connectivity index (χ1) is 15.6. The zero-order valence-corrected chi connectivity index (χ0v) is 20.0. The third kappa shape index (κ3) is 5.10. The van der Waals surface area contributed by atoms with Gasteiger partial charge in [0.15, 0.2) is 9.84 Å². The molecule has 0 bridgehead atoms. The van der Waals surface area contributed by atoms with E-state index in [1.165, 1.54) is 12.1 Å². The molecule has 1 unspecified atom stereocenters. The van der Waals surface area contributed by atoms with E-state index in [-0.39, 0.29) is 22.5 Å². The van der Waals surface area contributed by atoms with E-state index < -0.39 is 21.7 Å². The van der Waals surface area contributed by atoms with Gasteiger partial charge in [-0.25, -0.2) is 22.8 Å². The maximum absolute atomic E-state index is 14.4. The SMILES string of the molecule is CC(C)c1cnc(N2CCC(N3CCC(Nc4ccc(S(C)(=O)=O)cc4F)C3=O)CC2)nc1. The summed E-state index contributed by atoms with van der Waals surface area (Å²) < 4.78 is 37.6. The van der Waals surface area contributed by atoms with Crippen molar-refractivity contribution in [3.8, 4) is 0 Å². The average molecular weight is 476 g/mol. The third-order valence-electron chi connectivity index (χ3n) is 6.45. The van der Waals surface area contributed by atoms with Gasteiger partial charge in [-0.1, -0.05) is 13.8 Å². The lowest BCUT2D eigenvalue weighted by atomic mass is 10.0. The number of benzene rings is 1. The summed E-state index contributed by atoms with van der Waals surface area (Å²) in [5.41, 5.74) is 1.25. The minimum atomic E-state index is -3.49. The van der Waals surface area contributed by atoms with Crippen LogP contribution >= 0.6 is 0 Å². The van der Waals surface area contributed by atoms with Crippen LogP contribution in [0, 0.1) is 5.82 Å². The fourth-order valence-electron chi connectivity index (χ4n) is 4.40. The fraction of sp³-hybridized carbons (Fsp3) is 0.522. The van der Waals surface area contributed by atoms with E-state index >= 15 is 0 Å². The number of aromatic nitrogens is 2. The smallest absolute Gasteiger partial charge is 0.245 e. The van der Waals surface area contributed by atoms with Crippen molar-refractivity contribution in [2.45, 2.75) is 56.0 Å². The van der Waals surface area contributed by atoms with Crippen molar-refractivity contribution in [1.82, 2.24) is 14.9 Å². The van der Waals surface area contributed by atoms with Gasteiger partial charge in [-0.05, 0) is 48.9 Å². The van der Waals surface area contributed by atoms with Crippen molar-refractivity contribution >= 4 is 27.4 Å². The molecule has 2 fully saturated rings. The van der Waals surface area contributed by atoms with Gasteiger partial charge in [0.1, 0.15) is 11.9 Å². The number of hydrogen-bond acceptors (Lipinski definition) is 7. The molecule has 10 heteroatoms. The number of likely N-dealkylation sites (tertiary alicyclic amines) is 1. The molecule has 1 aromatic carbocycles. The van der Waals surface area contributed by atoms with Crippen LogP contribution in [0.3, 0.4) is 0 Å². The van der Waals surface area contributed by atoms with Crippen molar-refractivity contribution in [3.63, 3.8) is 0 Å². The monoisotopic (exact) mass is 475 g/mol. The van der Waals surface area contributed by atoms with E-state index in [1.54, 1.807) is 0 Å². The Kier molecular flexibility index (Phi) is 6.56. The Morgan fingerprint density at radius 1 is 1.09 bits per heavy atom. The normalized spacial score (nSPS) is 20.0. The Balaban J connectivity index is 1.34. The molecular formula is C23H30FN5O3S. The Labute approximate surface area is 194 Å². The molecule has 2 aliphatic heterocycles. The highest BCUT2D eigenvalue weighted by atomic mass is 32.2. The lowest BCUT2D eigenvalue weighted by Gasteiger charge is -2.36. The summed E-state index contributed by atoms with van der Waals surface area (Å²) in [5, 5.41) is 2.96. The molecule has 1 aromatic heterocycles. The Hall–Kier alpha value is -2.75. The number of piperidine rings is 1. The molecular weight excluding hydrogens is 445 g/mol. The first kappa shape index (κ1) is 23.4. The highest BCUT2D eigenvalue weighted by molar-refractivity contribution is 7.90. The van der Waals surface area contributed by atoms with E-state index in [4.69, 9.17) is 0 Å². The minimum Gasteiger partial charge on any atom is -0.371 e. The molecule has 178 valence electrons. The molecule has 2 aliphatic rings. The van der Waals surface area contributed by atoms with E-state index in [0.29, 0.717) is 18.9 Å². The van der Waals surface area contributed by atoms with E-state index in [9.17, 15) is 17.6 Å². The largest absolute Gasteiger partial charge is 0.371 e. The molecule has 0 radical (unpaired) electrons. The van der Waals surface area contributed by atoms with E-state index in [2.05, 4.69) is 34.0 Å². The summed E-state index contributed by atoms with van der Waals surface area (Å²) in [6.45, 7) is 6.38. The number of hydrogen-bond donors (Lipinski definition) is 1. The first-order valence-electron chi connectivity index (χ1n) is 11.3. The molecule has 0 saturated carbocycles. The van der Waals surface area contributed by atoms with Crippen LogP contribution in [0.1, 0.15) is 44.6 Å². The topological polar surface area (TPSA) is 95.5 Å². The maximum atomic E-state index is 14.4. The van der Waals surface area contributed by atoms with Gasteiger partial charge in [0.2, 0.25) is 11.9 Å². The van der Waals surface area contributed by atoms with Gasteiger partial charge < -0.3 is 15.1 Å². The predicted molar refractivity (Wildman–Crippen MR) is 125 cm³/mol. The fourth-order valence-corrected chi connectivity index (χ4v) is 5.03. The number of sulfone groups is 1. The minimum absolute atomic E-state index is 0.0439. The quantitative estimate of drug-likeness (QED) is 0.686. The summed E-state index contributed by atoms with van der Waals surface area (Å²) in [6.07, 6.45) is 7.01. The molecule has 1 N–H and O–H groups in total. The Bertz CT molecular complexity index is 1120. The van der Waals surface area contributed by atoms with Crippen molar-refractivity contribution in [3.05, 3.63) is 42.0 Å². The number of amides is 1. The van der Waals surface area contributed by atoms with Crippen LogP contribution < -0.4 is 10.2 Å². The Morgan fingerprint density at radius 3 is 2.33 bits per heavy atom. The predicted octanol–water partition coefficient (Wildman–Crippen LogP) is 2.82. The number of nitrogens with zero attached hydrogens (tertiary/aromatic N) is 4. The molecule has 2 saturated heterocycles. The van der Waals surface area contributed by atoms with Crippen LogP contribution in [0.5, 0.6) is 0 Å². The number of rotatable bonds is 6. The third-order valence-corrected chi connectivity index (χ3v) is 7.56. The zero-order chi connectivity index (χ0) is 23.8. The van der Waals surface area contributed by atoms with E-state index in [0.717, 1.165) is 49.8 Å². The van der Waals surface area contributed by atoms with Crippen LogP contribution in [0.15, 0.2) is 35.5 Å². The molecule has 0 aliphatic carbocycles. The van der Waals surface area contributed by atoms with E-state index in [1.807, 2.05) is 17.3 Å². The lowest BCUT2D eigenvalue weighted by Crippen LogP contribution is -2.47. The zero-order valence-electron chi connectivity index (χ0n) is 19.2. The molecule has 8 nitrogen and oxygen atoms in total. The molecule has 4 rings (SSSR count). The summed E-state index contributed by atoms with van der Waals surface area (Å²) in [6, 6.07) is 3.33. The van der Waals surface area contributed by atoms with Gasteiger partial charge in [-0.15, -0.1) is 0 Å². The van der Waals surface area contributed by atoms with Crippen molar-refractivity contribution < 1.29 is 17.6 Å². The van der Waals surface area contributed by atoms with Gasteiger partial charge >= 0.3 is 0 Å². The van der Waals surface area contributed by atoms with Crippen molar-refractivity contribution in [2.24, 2.45) is 0 Å². The molecule has 0 spiro atoms. The first-order valence-corrected chi connectivity index (χ1v) is 13.2. The van der Waals surface area contributed by atoms with Gasteiger partial charge in [0, 0.05) is 44.3 Å². The summed E-state index contributed by atoms with van der Waals surface area (Å²) >= 11 is 0.